The second-order valence-electron chi connectivity index (χ2n) is 13.3. The standard InChI is InChI=1S/C35H69NO10/c1-3-5-7-9-11-13-15-17-19-21-23-28(39)34(44)36-26(25-45-35-33(43)32(42)31(41)29(24-37)46-35)30(40)27(38)22-20-18-16-14-12-10-8-6-4-2/h26-33,35,37-43H,3-25H2,1-2H3,(H,36,44). The Balaban J connectivity index is 2.61. The van der Waals surface area contributed by atoms with Crippen LogP contribution in [0.1, 0.15) is 149 Å². The Morgan fingerprint density at radius 2 is 1.13 bits per heavy atom. The molecule has 1 aliphatic rings. The summed E-state index contributed by atoms with van der Waals surface area (Å²) in [4.78, 5) is 12.9. The number of rotatable bonds is 29. The van der Waals surface area contributed by atoms with Gasteiger partial charge >= 0.3 is 0 Å². The first-order valence-electron chi connectivity index (χ1n) is 18.4. The summed E-state index contributed by atoms with van der Waals surface area (Å²) in [6.45, 7) is 3.35. The third kappa shape index (κ3) is 18.0. The summed E-state index contributed by atoms with van der Waals surface area (Å²) in [7, 11) is 0. The van der Waals surface area contributed by atoms with Crippen molar-refractivity contribution in [3.63, 3.8) is 0 Å². The van der Waals surface area contributed by atoms with Crippen molar-refractivity contribution in [1.29, 1.82) is 0 Å². The van der Waals surface area contributed by atoms with Crippen LogP contribution >= 0.6 is 0 Å². The van der Waals surface area contributed by atoms with E-state index in [0.717, 1.165) is 38.5 Å². The van der Waals surface area contributed by atoms with Gasteiger partial charge in [-0.25, -0.2) is 0 Å². The Kier molecular flexibility index (Phi) is 25.3. The van der Waals surface area contributed by atoms with Gasteiger partial charge < -0.3 is 50.5 Å². The number of hydrogen-bond acceptors (Lipinski definition) is 10. The maximum atomic E-state index is 12.9. The molecule has 1 saturated heterocycles. The highest BCUT2D eigenvalue weighted by molar-refractivity contribution is 5.80. The van der Waals surface area contributed by atoms with Gasteiger partial charge in [-0.3, -0.25) is 4.79 Å². The van der Waals surface area contributed by atoms with Crippen LogP contribution in [0.3, 0.4) is 0 Å². The predicted octanol–water partition coefficient (Wildman–Crippen LogP) is 3.60. The molecule has 9 unspecified atom stereocenters. The second kappa shape index (κ2) is 27.0. The van der Waals surface area contributed by atoms with Crippen LogP contribution in [0.2, 0.25) is 0 Å². The van der Waals surface area contributed by atoms with Gasteiger partial charge in [0.25, 0.3) is 0 Å². The first kappa shape index (κ1) is 43.1. The molecule has 1 heterocycles. The van der Waals surface area contributed by atoms with E-state index in [1.54, 1.807) is 0 Å². The van der Waals surface area contributed by atoms with Gasteiger partial charge in [-0.15, -0.1) is 0 Å². The summed E-state index contributed by atoms with van der Waals surface area (Å²) in [5.41, 5.74) is 0. The van der Waals surface area contributed by atoms with Crippen LogP contribution in [-0.4, -0.2) is 110 Å². The Hall–Kier alpha value is -0.890. The Morgan fingerprint density at radius 1 is 0.674 bits per heavy atom. The smallest absolute Gasteiger partial charge is 0.249 e. The summed E-state index contributed by atoms with van der Waals surface area (Å²) in [5.74, 6) is -0.701. The molecule has 11 heteroatoms. The lowest BCUT2D eigenvalue weighted by Crippen LogP contribution is -2.60. The largest absolute Gasteiger partial charge is 0.394 e. The van der Waals surface area contributed by atoms with E-state index in [1.807, 2.05) is 0 Å². The lowest BCUT2D eigenvalue weighted by molar-refractivity contribution is -0.303. The number of hydrogen-bond donors (Lipinski definition) is 8. The predicted molar refractivity (Wildman–Crippen MR) is 178 cm³/mol. The lowest BCUT2D eigenvalue weighted by Gasteiger charge is -2.40. The summed E-state index contributed by atoms with van der Waals surface area (Å²) in [6.07, 6.45) is 10.4. The minimum absolute atomic E-state index is 0.264. The van der Waals surface area contributed by atoms with Gasteiger partial charge in [-0.1, -0.05) is 136 Å². The van der Waals surface area contributed by atoms with Crippen LogP contribution in [0.5, 0.6) is 0 Å². The Bertz CT molecular complexity index is 729. The quantitative estimate of drug-likeness (QED) is 0.0549. The van der Waals surface area contributed by atoms with Gasteiger partial charge in [0, 0.05) is 0 Å². The van der Waals surface area contributed by atoms with Crippen molar-refractivity contribution in [3.8, 4) is 0 Å². The van der Waals surface area contributed by atoms with Crippen molar-refractivity contribution < 1.29 is 50.0 Å². The highest BCUT2D eigenvalue weighted by Gasteiger charge is 2.44. The van der Waals surface area contributed by atoms with Crippen molar-refractivity contribution >= 4 is 5.91 Å². The van der Waals surface area contributed by atoms with Gasteiger partial charge in [0.05, 0.1) is 25.4 Å². The molecule has 0 aromatic heterocycles. The summed E-state index contributed by atoms with van der Waals surface area (Å²) in [5, 5.41) is 74.9. The molecule has 46 heavy (non-hydrogen) atoms. The minimum atomic E-state index is -1.65. The van der Waals surface area contributed by atoms with Crippen molar-refractivity contribution in [2.24, 2.45) is 0 Å². The highest BCUT2D eigenvalue weighted by atomic mass is 16.7. The van der Waals surface area contributed by atoms with E-state index in [2.05, 4.69) is 19.2 Å². The average Bonchev–Trinajstić information content (AvgIpc) is 3.05. The van der Waals surface area contributed by atoms with E-state index < -0.39 is 74.2 Å². The number of carbonyl (C=O) groups excluding carboxylic acids is 1. The van der Waals surface area contributed by atoms with Crippen LogP contribution in [0.15, 0.2) is 0 Å². The molecule has 0 saturated carbocycles. The molecule has 1 aliphatic heterocycles. The molecule has 0 spiro atoms. The maximum absolute atomic E-state index is 12.9. The topological polar surface area (TPSA) is 189 Å². The average molecular weight is 664 g/mol. The van der Waals surface area contributed by atoms with Crippen LogP contribution in [0.4, 0.5) is 0 Å². The van der Waals surface area contributed by atoms with Gasteiger partial charge in [-0.05, 0) is 12.8 Å². The number of aliphatic hydroxyl groups is 7. The van der Waals surface area contributed by atoms with E-state index in [0.29, 0.717) is 19.3 Å². The van der Waals surface area contributed by atoms with Gasteiger partial charge in [0.2, 0.25) is 5.91 Å². The molecule has 0 aliphatic carbocycles. The van der Waals surface area contributed by atoms with E-state index in [-0.39, 0.29) is 6.42 Å². The molecular weight excluding hydrogens is 594 g/mol. The molecule has 0 radical (unpaired) electrons. The Morgan fingerprint density at radius 3 is 1.61 bits per heavy atom. The van der Waals surface area contributed by atoms with Crippen molar-refractivity contribution in [3.05, 3.63) is 0 Å². The molecule has 9 atom stereocenters. The van der Waals surface area contributed by atoms with Crippen LogP contribution in [0.25, 0.3) is 0 Å². The molecule has 1 rings (SSSR count). The van der Waals surface area contributed by atoms with Crippen LogP contribution in [0, 0.1) is 0 Å². The second-order valence-corrected chi connectivity index (χ2v) is 13.3. The fourth-order valence-corrected chi connectivity index (χ4v) is 5.97. The molecule has 8 N–H and O–H groups in total. The fraction of sp³-hybridized carbons (Fsp3) is 0.971. The lowest BCUT2D eigenvalue weighted by atomic mass is 9.98. The number of unbranched alkanes of at least 4 members (excludes halogenated alkanes) is 17. The van der Waals surface area contributed by atoms with Crippen LogP contribution < -0.4 is 5.32 Å². The van der Waals surface area contributed by atoms with Gasteiger partial charge in [0.1, 0.15) is 36.6 Å². The molecular formula is C35H69NO10. The maximum Gasteiger partial charge on any atom is 0.249 e. The molecule has 11 nitrogen and oxygen atoms in total. The molecule has 1 fully saturated rings. The first-order chi connectivity index (χ1) is 22.2. The minimum Gasteiger partial charge on any atom is -0.394 e. The number of amides is 1. The third-order valence-electron chi connectivity index (χ3n) is 9.16. The first-order valence-corrected chi connectivity index (χ1v) is 18.4. The zero-order chi connectivity index (χ0) is 34.2. The number of aliphatic hydroxyl groups excluding tert-OH is 7. The summed E-state index contributed by atoms with van der Waals surface area (Å²) >= 11 is 0. The van der Waals surface area contributed by atoms with Gasteiger partial charge in [-0.2, -0.15) is 0 Å². The van der Waals surface area contributed by atoms with E-state index in [1.165, 1.54) is 70.6 Å². The number of nitrogens with one attached hydrogen (secondary N) is 1. The summed E-state index contributed by atoms with van der Waals surface area (Å²) < 4.78 is 11.0. The normalized spacial score (nSPS) is 24.4. The van der Waals surface area contributed by atoms with Crippen LogP contribution in [-0.2, 0) is 14.3 Å². The van der Waals surface area contributed by atoms with Crippen molar-refractivity contribution in [2.45, 2.75) is 204 Å². The Labute approximate surface area is 278 Å². The van der Waals surface area contributed by atoms with E-state index >= 15 is 0 Å². The molecule has 0 bridgehead atoms. The fourth-order valence-electron chi connectivity index (χ4n) is 5.97. The molecule has 0 aromatic rings. The third-order valence-corrected chi connectivity index (χ3v) is 9.16. The van der Waals surface area contributed by atoms with Crippen molar-refractivity contribution in [2.75, 3.05) is 13.2 Å². The van der Waals surface area contributed by atoms with E-state index in [9.17, 15) is 40.5 Å². The summed E-state index contributed by atoms with van der Waals surface area (Å²) in [6, 6.07) is -1.16. The SMILES string of the molecule is CCCCCCCCCCCCC(O)C(=O)NC(COC1OC(CO)C(O)C(O)C1O)C(O)C(O)CCCCCCCCCCC. The molecule has 0 aromatic carbocycles. The van der Waals surface area contributed by atoms with Gasteiger partial charge in [0.15, 0.2) is 6.29 Å². The monoisotopic (exact) mass is 663 g/mol. The zero-order valence-electron chi connectivity index (χ0n) is 28.8. The highest BCUT2D eigenvalue weighted by Crippen LogP contribution is 2.23. The van der Waals surface area contributed by atoms with Crippen molar-refractivity contribution in [1.82, 2.24) is 5.32 Å². The number of carbonyl (C=O) groups is 1. The molecule has 1 amide bonds. The van der Waals surface area contributed by atoms with E-state index in [4.69, 9.17) is 9.47 Å². The number of ether oxygens (including phenoxy) is 2. The molecule has 274 valence electrons. The zero-order valence-corrected chi connectivity index (χ0v) is 28.8.